The molecule has 0 radical (unpaired) electrons. The van der Waals surface area contributed by atoms with Crippen molar-refractivity contribution >= 4 is 17.5 Å². The third-order valence-corrected chi connectivity index (χ3v) is 7.81. The second kappa shape index (κ2) is 11.0. The second-order valence-electron chi connectivity index (χ2n) is 9.67. The molecule has 4 rings (SSSR count). The highest BCUT2D eigenvalue weighted by Crippen LogP contribution is 2.33. The van der Waals surface area contributed by atoms with E-state index >= 15 is 0 Å². The number of halogens is 1. The zero-order valence-electron chi connectivity index (χ0n) is 20.0. The van der Waals surface area contributed by atoms with Gasteiger partial charge in [0.15, 0.2) is 0 Å². The summed E-state index contributed by atoms with van der Waals surface area (Å²) < 4.78 is 0. The van der Waals surface area contributed by atoms with E-state index in [0.717, 1.165) is 56.3 Å². The molecule has 1 atom stereocenters. The maximum absolute atomic E-state index is 13.3. The number of hydrogen-bond donors (Lipinski definition) is 1. The van der Waals surface area contributed by atoms with Crippen LogP contribution in [0.25, 0.3) is 0 Å². The van der Waals surface area contributed by atoms with Gasteiger partial charge in [0.2, 0.25) is 5.91 Å². The van der Waals surface area contributed by atoms with Crippen molar-refractivity contribution in [2.75, 3.05) is 53.4 Å². The Hall–Kier alpha value is -1.92. The summed E-state index contributed by atoms with van der Waals surface area (Å²) in [5.74, 6) is 0.201. The average molecular weight is 469 g/mol. The van der Waals surface area contributed by atoms with Crippen molar-refractivity contribution in [1.29, 1.82) is 0 Å². The Labute approximate surface area is 203 Å². The molecule has 2 aliphatic heterocycles. The van der Waals surface area contributed by atoms with Crippen LogP contribution in [0.15, 0.2) is 54.6 Å². The highest BCUT2D eigenvalue weighted by molar-refractivity contribution is 6.30. The lowest BCUT2D eigenvalue weighted by atomic mass is 9.80. The van der Waals surface area contributed by atoms with Crippen molar-refractivity contribution < 1.29 is 4.79 Å². The zero-order valence-corrected chi connectivity index (χ0v) is 20.7. The minimum absolute atomic E-state index is 0.189. The van der Waals surface area contributed by atoms with E-state index in [9.17, 15) is 4.79 Å². The number of likely N-dealkylation sites (N-methyl/N-ethyl adjacent to an activating group) is 1. The molecule has 2 saturated heterocycles. The summed E-state index contributed by atoms with van der Waals surface area (Å²) in [6.45, 7) is 5.75. The van der Waals surface area contributed by atoms with Gasteiger partial charge in [0.25, 0.3) is 0 Å². The molecule has 0 saturated carbocycles. The Morgan fingerprint density at radius 3 is 2.18 bits per heavy atom. The van der Waals surface area contributed by atoms with E-state index in [1.165, 1.54) is 18.4 Å². The van der Waals surface area contributed by atoms with Gasteiger partial charge < -0.3 is 15.1 Å². The van der Waals surface area contributed by atoms with Crippen LogP contribution in [0.3, 0.4) is 0 Å². The molecule has 0 aromatic heterocycles. The molecule has 1 amide bonds. The molecule has 2 aliphatic rings. The fourth-order valence-electron chi connectivity index (χ4n) is 5.41. The van der Waals surface area contributed by atoms with Gasteiger partial charge in [-0.15, -0.1) is 0 Å². The molecule has 178 valence electrons. The fourth-order valence-corrected chi connectivity index (χ4v) is 5.53. The highest BCUT2D eigenvalue weighted by Gasteiger charge is 2.41. The van der Waals surface area contributed by atoms with Crippen LogP contribution in [-0.2, 0) is 17.6 Å². The minimum Gasteiger partial charge on any atom is -0.339 e. The largest absolute Gasteiger partial charge is 0.339 e. The Bertz CT molecular complexity index is 888. The van der Waals surface area contributed by atoms with Crippen LogP contribution < -0.4 is 5.32 Å². The van der Waals surface area contributed by atoms with Crippen molar-refractivity contribution in [3.05, 3.63) is 70.7 Å². The van der Waals surface area contributed by atoms with Crippen molar-refractivity contribution in [2.24, 2.45) is 0 Å². The summed E-state index contributed by atoms with van der Waals surface area (Å²) in [4.78, 5) is 20.5. The monoisotopic (exact) mass is 468 g/mol. The number of hydrogen-bond acceptors (Lipinski definition) is 4. The first-order valence-corrected chi connectivity index (χ1v) is 12.5. The molecule has 2 heterocycles. The van der Waals surface area contributed by atoms with Crippen LogP contribution in [0.2, 0.25) is 5.02 Å². The normalized spacial score (nSPS) is 20.5. The smallest absolute Gasteiger partial charge is 0.240 e. The summed E-state index contributed by atoms with van der Waals surface area (Å²) in [7, 11) is 4.10. The van der Waals surface area contributed by atoms with Gasteiger partial charge in [-0.25, -0.2) is 0 Å². The second-order valence-corrected chi connectivity index (χ2v) is 10.1. The van der Waals surface area contributed by atoms with E-state index in [0.29, 0.717) is 6.42 Å². The number of piperazine rings is 1. The van der Waals surface area contributed by atoms with Crippen molar-refractivity contribution in [2.45, 2.75) is 37.3 Å². The first kappa shape index (κ1) is 24.2. The number of carbonyl (C=O) groups is 1. The van der Waals surface area contributed by atoms with Gasteiger partial charge in [0, 0.05) is 36.7 Å². The molecule has 2 aromatic rings. The molecule has 33 heavy (non-hydrogen) atoms. The number of carbonyl (C=O) groups excluding carboxylic acids is 1. The SMILES string of the molecule is CN[C@H](Cc1ccc(Cl)cc1)C(=O)N1CCN(C2(Cc3ccccc3)CCN(C)CC2)CC1. The Morgan fingerprint density at radius 1 is 0.939 bits per heavy atom. The molecule has 6 heteroatoms. The number of amides is 1. The van der Waals surface area contributed by atoms with Gasteiger partial charge in [0.05, 0.1) is 6.04 Å². The highest BCUT2D eigenvalue weighted by atomic mass is 35.5. The standard InChI is InChI=1S/C27H37ClN4O/c1-29-25(20-22-8-10-24(28)11-9-22)26(33)31-16-18-32(19-17-31)27(12-14-30(2)15-13-27)21-23-6-4-3-5-7-23/h3-11,25,29H,12-21H2,1-2H3/t25-/m1/s1. The van der Waals surface area contributed by atoms with Crippen LogP contribution in [-0.4, -0.2) is 85.6 Å². The Morgan fingerprint density at radius 2 is 1.58 bits per heavy atom. The third-order valence-electron chi connectivity index (χ3n) is 7.56. The fraction of sp³-hybridized carbons (Fsp3) is 0.519. The Balaban J connectivity index is 1.40. The molecule has 2 fully saturated rings. The lowest BCUT2D eigenvalue weighted by Gasteiger charge is -2.51. The number of nitrogens with zero attached hydrogens (tertiary/aromatic N) is 3. The summed E-state index contributed by atoms with van der Waals surface area (Å²) in [6.07, 6.45) is 4.13. The molecule has 0 unspecified atom stereocenters. The summed E-state index contributed by atoms with van der Waals surface area (Å²) in [5, 5.41) is 3.96. The number of likely N-dealkylation sites (tertiary alicyclic amines) is 1. The van der Waals surface area contributed by atoms with Gasteiger partial charge in [0.1, 0.15) is 0 Å². The summed E-state index contributed by atoms with van der Waals surface area (Å²) in [5.41, 5.74) is 2.73. The molecular formula is C27H37ClN4O. The molecule has 0 bridgehead atoms. The van der Waals surface area contributed by atoms with Gasteiger partial charge in [-0.2, -0.15) is 0 Å². The van der Waals surface area contributed by atoms with E-state index in [2.05, 4.69) is 57.4 Å². The molecular weight excluding hydrogens is 432 g/mol. The van der Waals surface area contributed by atoms with Crippen LogP contribution in [0.5, 0.6) is 0 Å². The minimum atomic E-state index is -0.209. The Kier molecular flexibility index (Phi) is 8.07. The molecule has 0 spiro atoms. The first-order valence-electron chi connectivity index (χ1n) is 12.2. The lowest BCUT2D eigenvalue weighted by Crippen LogP contribution is -2.63. The topological polar surface area (TPSA) is 38.8 Å². The van der Waals surface area contributed by atoms with E-state index < -0.39 is 0 Å². The summed E-state index contributed by atoms with van der Waals surface area (Å²) >= 11 is 6.02. The van der Waals surface area contributed by atoms with Gasteiger partial charge >= 0.3 is 0 Å². The van der Waals surface area contributed by atoms with Crippen molar-refractivity contribution in [3.8, 4) is 0 Å². The zero-order chi connectivity index (χ0) is 23.3. The summed E-state index contributed by atoms with van der Waals surface area (Å²) in [6, 6.07) is 18.5. The number of benzene rings is 2. The van der Waals surface area contributed by atoms with Crippen LogP contribution in [0, 0.1) is 0 Å². The predicted molar refractivity (Wildman–Crippen MR) is 136 cm³/mol. The lowest BCUT2D eigenvalue weighted by molar-refractivity contribution is -0.136. The van der Waals surface area contributed by atoms with E-state index in [4.69, 9.17) is 11.6 Å². The van der Waals surface area contributed by atoms with E-state index in [1.807, 2.05) is 31.3 Å². The predicted octanol–water partition coefficient (Wildman–Crippen LogP) is 3.32. The molecule has 2 aromatic carbocycles. The first-order chi connectivity index (χ1) is 16.0. The molecule has 0 aliphatic carbocycles. The van der Waals surface area contributed by atoms with Gasteiger partial charge in [-0.1, -0.05) is 54.1 Å². The van der Waals surface area contributed by atoms with Gasteiger partial charge in [-0.3, -0.25) is 9.69 Å². The number of rotatable bonds is 7. The van der Waals surface area contributed by atoms with E-state index in [1.54, 1.807) is 0 Å². The van der Waals surface area contributed by atoms with Crippen LogP contribution >= 0.6 is 11.6 Å². The van der Waals surface area contributed by atoms with Crippen LogP contribution in [0.4, 0.5) is 0 Å². The molecule has 1 N–H and O–H groups in total. The number of nitrogens with one attached hydrogen (secondary N) is 1. The van der Waals surface area contributed by atoms with Crippen molar-refractivity contribution in [1.82, 2.24) is 20.0 Å². The molecule has 5 nitrogen and oxygen atoms in total. The number of piperidine rings is 1. The van der Waals surface area contributed by atoms with Gasteiger partial charge in [-0.05, 0) is 76.1 Å². The van der Waals surface area contributed by atoms with Crippen LogP contribution in [0.1, 0.15) is 24.0 Å². The average Bonchev–Trinajstić information content (AvgIpc) is 2.85. The third kappa shape index (κ3) is 5.96. The maximum atomic E-state index is 13.3. The van der Waals surface area contributed by atoms with E-state index in [-0.39, 0.29) is 17.5 Å². The van der Waals surface area contributed by atoms with Crippen molar-refractivity contribution in [3.63, 3.8) is 0 Å². The maximum Gasteiger partial charge on any atom is 0.240 e. The quantitative estimate of drug-likeness (QED) is 0.676.